The number of hydrogen-bond acceptors (Lipinski definition) is 8. The van der Waals surface area contributed by atoms with E-state index < -0.39 is 0 Å². The van der Waals surface area contributed by atoms with Crippen molar-refractivity contribution < 1.29 is 9.26 Å². The maximum absolute atomic E-state index is 5.52. The second-order valence-electron chi connectivity index (χ2n) is 6.77. The molecule has 0 unspecified atom stereocenters. The lowest BCUT2D eigenvalue weighted by Gasteiger charge is -2.36. The number of aromatic nitrogens is 4. The molecule has 0 bridgehead atoms. The van der Waals surface area contributed by atoms with Gasteiger partial charge in [-0.2, -0.15) is 4.98 Å². The van der Waals surface area contributed by atoms with E-state index in [9.17, 15) is 0 Å². The fourth-order valence-electron chi connectivity index (χ4n) is 3.72. The molecule has 3 aromatic heterocycles. The molecule has 1 aromatic carbocycles. The zero-order valence-corrected chi connectivity index (χ0v) is 16.0. The largest absolute Gasteiger partial charge is 0.496 e. The van der Waals surface area contributed by atoms with Crippen molar-refractivity contribution >= 4 is 22.7 Å². The van der Waals surface area contributed by atoms with Crippen LogP contribution in [-0.4, -0.2) is 53.4 Å². The molecule has 0 aliphatic carbocycles. The standard InChI is InChI=1S/C21H20N6O2/c1-28-16-7-3-2-6-15(16)19-18-20(23-14-24-21(18)29-25-19)27-12-10-26(11-13-27)17-8-4-5-9-22-17/h2-9,14H,10-13H2,1H3. The third-order valence-electron chi connectivity index (χ3n) is 5.17. The Morgan fingerprint density at radius 1 is 0.897 bits per heavy atom. The van der Waals surface area contributed by atoms with Gasteiger partial charge < -0.3 is 19.1 Å². The maximum Gasteiger partial charge on any atom is 0.263 e. The van der Waals surface area contributed by atoms with E-state index in [-0.39, 0.29) is 0 Å². The van der Waals surface area contributed by atoms with Crippen LogP contribution in [0.1, 0.15) is 0 Å². The fraction of sp³-hybridized carbons (Fsp3) is 0.238. The first-order valence-corrected chi connectivity index (χ1v) is 9.50. The van der Waals surface area contributed by atoms with Gasteiger partial charge in [0.2, 0.25) is 0 Å². The highest BCUT2D eigenvalue weighted by molar-refractivity contribution is 5.99. The first-order valence-electron chi connectivity index (χ1n) is 9.50. The van der Waals surface area contributed by atoms with Crippen LogP contribution in [0, 0.1) is 0 Å². The van der Waals surface area contributed by atoms with Crippen molar-refractivity contribution in [1.82, 2.24) is 20.1 Å². The van der Waals surface area contributed by atoms with E-state index in [1.807, 2.05) is 48.7 Å². The van der Waals surface area contributed by atoms with Crippen LogP contribution in [0.5, 0.6) is 5.75 Å². The van der Waals surface area contributed by atoms with Crippen LogP contribution in [0.4, 0.5) is 11.6 Å². The van der Waals surface area contributed by atoms with Gasteiger partial charge in [0.15, 0.2) is 0 Å². The number of methoxy groups -OCH3 is 1. The minimum absolute atomic E-state index is 0.475. The first-order chi connectivity index (χ1) is 14.3. The number of pyridine rings is 1. The van der Waals surface area contributed by atoms with Crippen LogP contribution in [0.3, 0.4) is 0 Å². The molecule has 1 aliphatic rings. The Bertz CT molecular complexity index is 1120. The number of benzene rings is 1. The molecule has 29 heavy (non-hydrogen) atoms. The molecule has 1 fully saturated rings. The summed E-state index contributed by atoms with van der Waals surface area (Å²) >= 11 is 0. The molecule has 0 spiro atoms. The van der Waals surface area contributed by atoms with Gasteiger partial charge in [-0.15, -0.1) is 0 Å². The van der Waals surface area contributed by atoms with E-state index in [4.69, 9.17) is 9.26 Å². The lowest BCUT2D eigenvalue weighted by molar-refractivity contribution is 0.414. The number of rotatable bonds is 4. The highest BCUT2D eigenvalue weighted by Crippen LogP contribution is 2.37. The average molecular weight is 388 g/mol. The Hall–Kier alpha value is -3.68. The lowest BCUT2D eigenvalue weighted by Crippen LogP contribution is -2.47. The van der Waals surface area contributed by atoms with Crippen LogP contribution in [-0.2, 0) is 0 Å². The molecule has 4 heterocycles. The SMILES string of the molecule is COc1ccccc1-c1noc2ncnc(N3CCN(c4ccccn4)CC3)c12. The molecule has 0 saturated carbocycles. The summed E-state index contributed by atoms with van der Waals surface area (Å²) in [7, 11) is 1.65. The minimum Gasteiger partial charge on any atom is -0.496 e. The quantitative estimate of drug-likeness (QED) is 0.528. The molecular formula is C21H20N6O2. The summed E-state index contributed by atoms with van der Waals surface area (Å²) < 4.78 is 11.0. The molecule has 0 N–H and O–H groups in total. The monoisotopic (exact) mass is 388 g/mol. The van der Waals surface area contributed by atoms with Gasteiger partial charge in [0.1, 0.15) is 34.8 Å². The van der Waals surface area contributed by atoms with Crippen LogP contribution < -0.4 is 14.5 Å². The number of nitrogens with zero attached hydrogens (tertiary/aromatic N) is 6. The molecule has 0 atom stereocenters. The number of fused-ring (bicyclic) bond motifs is 1. The number of para-hydroxylation sites is 1. The van der Waals surface area contributed by atoms with E-state index in [1.165, 1.54) is 6.33 Å². The zero-order chi connectivity index (χ0) is 19.6. The first kappa shape index (κ1) is 17.4. The van der Waals surface area contributed by atoms with Crippen molar-refractivity contribution in [3.63, 3.8) is 0 Å². The van der Waals surface area contributed by atoms with Crippen molar-refractivity contribution in [1.29, 1.82) is 0 Å². The molecule has 1 saturated heterocycles. The van der Waals surface area contributed by atoms with Crippen LogP contribution in [0.25, 0.3) is 22.4 Å². The normalized spacial score (nSPS) is 14.4. The summed E-state index contributed by atoms with van der Waals surface area (Å²) in [4.78, 5) is 17.8. The summed E-state index contributed by atoms with van der Waals surface area (Å²) in [5.41, 5.74) is 2.03. The van der Waals surface area contributed by atoms with Gasteiger partial charge in [-0.1, -0.05) is 23.4 Å². The van der Waals surface area contributed by atoms with Gasteiger partial charge in [-0.05, 0) is 24.3 Å². The van der Waals surface area contributed by atoms with Crippen molar-refractivity contribution in [3.05, 3.63) is 55.0 Å². The van der Waals surface area contributed by atoms with Gasteiger partial charge in [0, 0.05) is 37.9 Å². The topological polar surface area (TPSA) is 80.4 Å². The van der Waals surface area contributed by atoms with E-state index in [0.717, 1.165) is 54.5 Å². The zero-order valence-electron chi connectivity index (χ0n) is 16.0. The number of anilines is 2. The Labute approximate surface area is 167 Å². The van der Waals surface area contributed by atoms with Crippen LogP contribution in [0.15, 0.2) is 59.5 Å². The molecule has 4 aromatic rings. The Balaban J connectivity index is 1.49. The van der Waals surface area contributed by atoms with Gasteiger partial charge in [-0.25, -0.2) is 9.97 Å². The molecule has 1 aliphatic heterocycles. The van der Waals surface area contributed by atoms with E-state index in [0.29, 0.717) is 11.4 Å². The molecule has 5 rings (SSSR count). The van der Waals surface area contributed by atoms with Crippen molar-refractivity contribution in [3.8, 4) is 17.0 Å². The number of ether oxygens (including phenoxy) is 1. The predicted molar refractivity (Wildman–Crippen MR) is 110 cm³/mol. The summed E-state index contributed by atoms with van der Waals surface area (Å²) in [6, 6.07) is 13.7. The smallest absolute Gasteiger partial charge is 0.263 e. The van der Waals surface area contributed by atoms with E-state index >= 15 is 0 Å². The molecule has 0 amide bonds. The van der Waals surface area contributed by atoms with Gasteiger partial charge in [0.25, 0.3) is 5.71 Å². The van der Waals surface area contributed by atoms with Crippen molar-refractivity contribution in [2.45, 2.75) is 0 Å². The average Bonchev–Trinajstić information content (AvgIpc) is 3.24. The third kappa shape index (κ3) is 3.12. The second-order valence-corrected chi connectivity index (χ2v) is 6.77. The highest BCUT2D eigenvalue weighted by Gasteiger charge is 2.25. The number of hydrogen-bond donors (Lipinski definition) is 0. The molecule has 8 nitrogen and oxygen atoms in total. The minimum atomic E-state index is 0.475. The lowest BCUT2D eigenvalue weighted by atomic mass is 10.1. The van der Waals surface area contributed by atoms with Crippen LogP contribution in [0.2, 0.25) is 0 Å². The highest BCUT2D eigenvalue weighted by atomic mass is 16.5. The number of piperazine rings is 1. The summed E-state index contributed by atoms with van der Waals surface area (Å²) in [6.07, 6.45) is 3.35. The van der Waals surface area contributed by atoms with E-state index in [2.05, 4.69) is 29.9 Å². The summed E-state index contributed by atoms with van der Waals surface area (Å²) in [6.45, 7) is 3.36. The molecule has 146 valence electrons. The van der Waals surface area contributed by atoms with E-state index in [1.54, 1.807) is 7.11 Å². The third-order valence-corrected chi connectivity index (χ3v) is 5.17. The Morgan fingerprint density at radius 3 is 2.48 bits per heavy atom. The van der Waals surface area contributed by atoms with Crippen molar-refractivity contribution in [2.75, 3.05) is 43.1 Å². The van der Waals surface area contributed by atoms with Crippen molar-refractivity contribution in [2.24, 2.45) is 0 Å². The van der Waals surface area contributed by atoms with Gasteiger partial charge >= 0.3 is 0 Å². The molecular weight excluding hydrogens is 368 g/mol. The summed E-state index contributed by atoms with van der Waals surface area (Å²) in [5, 5.41) is 5.10. The second kappa shape index (κ2) is 7.38. The van der Waals surface area contributed by atoms with Gasteiger partial charge in [0.05, 0.1) is 7.11 Å². The summed E-state index contributed by atoms with van der Waals surface area (Å²) in [5.74, 6) is 2.56. The molecule has 8 heteroatoms. The fourth-order valence-corrected chi connectivity index (χ4v) is 3.72. The Kier molecular flexibility index (Phi) is 4.44. The van der Waals surface area contributed by atoms with Crippen LogP contribution >= 0.6 is 0 Å². The Morgan fingerprint density at radius 2 is 1.69 bits per heavy atom. The maximum atomic E-state index is 5.52. The predicted octanol–water partition coefficient (Wildman–Crippen LogP) is 3.02. The van der Waals surface area contributed by atoms with Gasteiger partial charge in [-0.3, -0.25) is 0 Å². The molecule has 0 radical (unpaired) electrons.